The molecule has 22 heavy (non-hydrogen) atoms. The second kappa shape index (κ2) is 6.98. The molecule has 0 saturated heterocycles. The van der Waals surface area contributed by atoms with Crippen LogP contribution >= 0.6 is 0 Å². The van der Waals surface area contributed by atoms with Crippen molar-refractivity contribution in [2.75, 3.05) is 17.2 Å². The molecule has 2 aromatic carbocycles. The Morgan fingerprint density at radius 3 is 2.59 bits per heavy atom. The average molecular weight is 308 g/mol. The van der Waals surface area contributed by atoms with Gasteiger partial charge < -0.3 is 10.6 Å². The van der Waals surface area contributed by atoms with Crippen LogP contribution in [0, 0.1) is 24.4 Å². The van der Waals surface area contributed by atoms with Crippen molar-refractivity contribution in [1.29, 1.82) is 0 Å². The molecule has 116 valence electrons. The third-order valence-corrected chi connectivity index (χ3v) is 3.00. The maximum absolute atomic E-state index is 13.4. The highest BCUT2D eigenvalue weighted by atomic mass is 19.2. The van der Waals surface area contributed by atoms with Gasteiger partial charge in [-0.05, 0) is 36.8 Å². The van der Waals surface area contributed by atoms with Gasteiger partial charge in [0.05, 0.1) is 5.69 Å². The Balaban J connectivity index is 1.86. The van der Waals surface area contributed by atoms with Gasteiger partial charge in [-0.15, -0.1) is 0 Å². The van der Waals surface area contributed by atoms with E-state index in [9.17, 15) is 18.0 Å². The Hall–Kier alpha value is -2.50. The van der Waals surface area contributed by atoms with Gasteiger partial charge in [-0.25, -0.2) is 13.2 Å². The van der Waals surface area contributed by atoms with E-state index in [4.69, 9.17) is 0 Å². The first-order valence-electron chi connectivity index (χ1n) is 6.71. The highest BCUT2D eigenvalue weighted by molar-refractivity contribution is 5.91. The molecule has 2 N–H and O–H groups in total. The smallest absolute Gasteiger partial charge is 0.226 e. The van der Waals surface area contributed by atoms with Crippen LogP contribution in [0.4, 0.5) is 24.5 Å². The highest BCUT2D eigenvalue weighted by Crippen LogP contribution is 2.19. The minimum absolute atomic E-state index is 0.0619. The molecule has 2 rings (SSSR count). The Kier molecular flexibility index (Phi) is 5.04. The Morgan fingerprint density at radius 2 is 1.86 bits per heavy atom. The summed E-state index contributed by atoms with van der Waals surface area (Å²) in [6.45, 7) is 2.00. The summed E-state index contributed by atoms with van der Waals surface area (Å²) in [5, 5.41) is 5.26. The van der Waals surface area contributed by atoms with E-state index in [1.807, 2.05) is 25.1 Å². The summed E-state index contributed by atoms with van der Waals surface area (Å²) in [5.41, 5.74) is 1.51. The summed E-state index contributed by atoms with van der Waals surface area (Å²) < 4.78 is 39.2. The largest absolute Gasteiger partial charge is 0.382 e. The van der Waals surface area contributed by atoms with Crippen LogP contribution in [-0.4, -0.2) is 12.5 Å². The normalized spacial score (nSPS) is 10.4. The van der Waals surface area contributed by atoms with Gasteiger partial charge in [0.1, 0.15) is 0 Å². The van der Waals surface area contributed by atoms with E-state index in [2.05, 4.69) is 10.6 Å². The van der Waals surface area contributed by atoms with E-state index < -0.39 is 17.5 Å². The Morgan fingerprint density at radius 1 is 1.09 bits per heavy atom. The van der Waals surface area contributed by atoms with Crippen LogP contribution in [0.1, 0.15) is 12.0 Å². The fourth-order valence-corrected chi connectivity index (χ4v) is 1.92. The first-order valence-corrected chi connectivity index (χ1v) is 6.71. The van der Waals surface area contributed by atoms with Gasteiger partial charge in [0, 0.05) is 18.7 Å². The molecule has 0 atom stereocenters. The topological polar surface area (TPSA) is 41.1 Å². The first-order chi connectivity index (χ1) is 10.5. The van der Waals surface area contributed by atoms with Crippen molar-refractivity contribution in [2.24, 2.45) is 0 Å². The lowest BCUT2D eigenvalue weighted by Gasteiger charge is -2.09. The number of hydrogen-bond donors (Lipinski definition) is 2. The van der Waals surface area contributed by atoms with Crippen LogP contribution in [0.5, 0.6) is 0 Å². The van der Waals surface area contributed by atoms with E-state index in [0.29, 0.717) is 5.69 Å². The van der Waals surface area contributed by atoms with Gasteiger partial charge in [-0.2, -0.15) is 0 Å². The molecule has 0 aliphatic rings. The Labute approximate surface area is 126 Å². The predicted molar refractivity (Wildman–Crippen MR) is 79.2 cm³/mol. The molecule has 3 nitrogen and oxygen atoms in total. The number of rotatable bonds is 5. The molecule has 0 aromatic heterocycles. The number of nitrogens with one attached hydrogen (secondary N) is 2. The number of benzene rings is 2. The van der Waals surface area contributed by atoms with Crippen molar-refractivity contribution in [3.8, 4) is 0 Å². The molecule has 2 aromatic rings. The summed E-state index contributed by atoms with van der Waals surface area (Å²) in [4.78, 5) is 11.7. The number of halogens is 3. The van der Waals surface area contributed by atoms with Crippen LogP contribution in [0.25, 0.3) is 0 Å². The van der Waals surface area contributed by atoms with Crippen molar-refractivity contribution in [3.05, 3.63) is 59.4 Å². The van der Waals surface area contributed by atoms with E-state index in [1.165, 1.54) is 0 Å². The highest BCUT2D eigenvalue weighted by Gasteiger charge is 2.13. The monoisotopic (exact) mass is 308 g/mol. The van der Waals surface area contributed by atoms with Gasteiger partial charge in [0.2, 0.25) is 5.91 Å². The maximum atomic E-state index is 13.4. The number of hydrogen-bond acceptors (Lipinski definition) is 2. The first kappa shape index (κ1) is 15.9. The van der Waals surface area contributed by atoms with Gasteiger partial charge in [0.15, 0.2) is 17.5 Å². The van der Waals surface area contributed by atoms with Crippen molar-refractivity contribution < 1.29 is 18.0 Å². The molecule has 0 spiro atoms. The third-order valence-electron chi connectivity index (χ3n) is 3.00. The molecule has 0 fully saturated rings. The zero-order valence-electron chi connectivity index (χ0n) is 11.9. The minimum Gasteiger partial charge on any atom is -0.382 e. The van der Waals surface area contributed by atoms with Crippen LogP contribution in [0.15, 0.2) is 36.4 Å². The summed E-state index contributed by atoms with van der Waals surface area (Å²) in [6.07, 6.45) is 0.0619. The van der Waals surface area contributed by atoms with Crippen molar-refractivity contribution in [1.82, 2.24) is 0 Å². The molecular weight excluding hydrogens is 293 g/mol. The molecule has 1 amide bonds. The SMILES string of the molecule is Cc1cccc(NC(=O)CCNc2ccc(F)c(F)c2F)c1. The molecule has 6 heteroatoms. The molecule has 0 aliphatic heterocycles. The molecular formula is C16H15F3N2O. The molecule has 0 aliphatic carbocycles. The Bertz CT molecular complexity index is 689. The number of carbonyl (C=O) groups is 1. The summed E-state index contributed by atoms with van der Waals surface area (Å²) in [6, 6.07) is 9.22. The fraction of sp³-hybridized carbons (Fsp3) is 0.188. The molecule has 0 unspecified atom stereocenters. The van der Waals surface area contributed by atoms with Crippen LogP contribution < -0.4 is 10.6 Å². The lowest BCUT2D eigenvalue weighted by Crippen LogP contribution is -2.16. The van der Waals surface area contributed by atoms with Crippen molar-refractivity contribution in [2.45, 2.75) is 13.3 Å². The second-order valence-electron chi connectivity index (χ2n) is 4.82. The lowest BCUT2D eigenvalue weighted by atomic mass is 10.2. The minimum atomic E-state index is -1.53. The summed E-state index contributed by atoms with van der Waals surface area (Å²) >= 11 is 0. The fourth-order valence-electron chi connectivity index (χ4n) is 1.92. The van der Waals surface area contributed by atoms with E-state index in [-0.39, 0.29) is 24.6 Å². The number of amides is 1. The van der Waals surface area contributed by atoms with Gasteiger partial charge in [-0.3, -0.25) is 4.79 Å². The lowest BCUT2D eigenvalue weighted by molar-refractivity contribution is -0.115. The van der Waals surface area contributed by atoms with E-state index in [1.54, 1.807) is 6.07 Å². The van der Waals surface area contributed by atoms with Gasteiger partial charge >= 0.3 is 0 Å². The van der Waals surface area contributed by atoms with Gasteiger partial charge in [-0.1, -0.05) is 12.1 Å². The number of anilines is 2. The van der Waals surface area contributed by atoms with E-state index in [0.717, 1.165) is 17.7 Å². The maximum Gasteiger partial charge on any atom is 0.226 e. The number of carbonyl (C=O) groups excluding carboxylic acids is 1. The standard InChI is InChI=1S/C16H15F3N2O/c1-10-3-2-4-11(9-10)21-14(22)7-8-20-13-6-5-12(17)15(18)16(13)19/h2-6,9,20H,7-8H2,1H3,(H,21,22). The van der Waals surface area contributed by atoms with Crippen LogP contribution in [-0.2, 0) is 4.79 Å². The van der Waals surface area contributed by atoms with Gasteiger partial charge in [0.25, 0.3) is 0 Å². The molecule has 0 radical (unpaired) electrons. The predicted octanol–water partition coefficient (Wildman–Crippen LogP) is 3.85. The second-order valence-corrected chi connectivity index (χ2v) is 4.82. The van der Waals surface area contributed by atoms with Crippen LogP contribution in [0.2, 0.25) is 0 Å². The quantitative estimate of drug-likeness (QED) is 0.824. The van der Waals surface area contributed by atoms with Crippen molar-refractivity contribution in [3.63, 3.8) is 0 Å². The van der Waals surface area contributed by atoms with Crippen LogP contribution in [0.3, 0.4) is 0 Å². The molecule has 0 saturated carbocycles. The molecule has 0 bridgehead atoms. The van der Waals surface area contributed by atoms with Crippen molar-refractivity contribution >= 4 is 17.3 Å². The van der Waals surface area contributed by atoms with E-state index >= 15 is 0 Å². The number of aryl methyl sites for hydroxylation is 1. The summed E-state index contributed by atoms with van der Waals surface area (Å²) in [7, 11) is 0. The average Bonchev–Trinajstić information content (AvgIpc) is 2.47. The molecule has 0 heterocycles. The zero-order valence-corrected chi connectivity index (χ0v) is 11.9. The third kappa shape index (κ3) is 4.00. The zero-order chi connectivity index (χ0) is 16.1. The summed E-state index contributed by atoms with van der Waals surface area (Å²) in [5.74, 6) is -4.34.